The third kappa shape index (κ3) is 5.38. The zero-order chi connectivity index (χ0) is 22.2. The lowest BCUT2D eigenvalue weighted by Crippen LogP contribution is -2.48. The minimum atomic E-state index is -0.222. The number of carbonyl (C=O) groups excluding carboxylic acids is 1. The lowest BCUT2D eigenvalue weighted by atomic mass is 10.1. The highest BCUT2D eigenvalue weighted by atomic mass is 16.6. The van der Waals surface area contributed by atoms with Crippen molar-refractivity contribution in [2.75, 3.05) is 38.1 Å². The molecule has 1 N–H and O–H groups in total. The van der Waals surface area contributed by atoms with Gasteiger partial charge in [-0.05, 0) is 55.2 Å². The van der Waals surface area contributed by atoms with E-state index in [0.717, 1.165) is 37.3 Å². The molecule has 1 heterocycles. The molecular weight excluding hydrogens is 400 g/mol. The van der Waals surface area contributed by atoms with E-state index in [-0.39, 0.29) is 6.09 Å². The van der Waals surface area contributed by atoms with Crippen LogP contribution in [-0.4, -0.2) is 54.9 Å². The summed E-state index contributed by atoms with van der Waals surface area (Å²) in [6.45, 7) is 5.11. The van der Waals surface area contributed by atoms with Crippen LogP contribution in [0.2, 0.25) is 0 Å². The molecule has 1 fully saturated rings. The van der Waals surface area contributed by atoms with Gasteiger partial charge in [0.2, 0.25) is 0 Å². The van der Waals surface area contributed by atoms with Crippen LogP contribution in [0.1, 0.15) is 19.8 Å². The minimum absolute atomic E-state index is 0.222. The van der Waals surface area contributed by atoms with Gasteiger partial charge in [-0.3, -0.25) is 4.99 Å². The Hall–Kier alpha value is -3.54. The number of hydrogen-bond donors (Lipinski definition) is 1. The Balaban J connectivity index is 1.55. The summed E-state index contributed by atoms with van der Waals surface area (Å²) in [6, 6.07) is 20.2. The number of hydrogen-bond acceptors (Lipinski definition) is 5. The lowest BCUT2D eigenvalue weighted by molar-refractivity contribution is 0.0873. The number of para-hydroxylation sites is 2. The molecule has 0 atom stereocenters. The van der Waals surface area contributed by atoms with Crippen molar-refractivity contribution in [1.82, 2.24) is 9.80 Å². The van der Waals surface area contributed by atoms with Crippen molar-refractivity contribution >= 4 is 23.7 Å². The average Bonchev–Trinajstić information content (AvgIpc) is 3.26. The molecule has 0 saturated carbocycles. The third-order valence-corrected chi connectivity index (χ3v) is 5.71. The second-order valence-electron chi connectivity index (χ2n) is 7.82. The molecule has 0 bridgehead atoms. The van der Waals surface area contributed by atoms with Crippen molar-refractivity contribution in [3.05, 3.63) is 83.7 Å². The molecule has 2 aromatic rings. The number of ether oxygens (including phenoxy) is 1. The molecule has 1 aliphatic heterocycles. The number of nitrogens with one attached hydrogen (secondary N) is 1. The predicted molar refractivity (Wildman–Crippen MR) is 129 cm³/mol. The van der Waals surface area contributed by atoms with Crippen LogP contribution in [0.3, 0.4) is 0 Å². The molecule has 0 radical (unpaired) electrons. The van der Waals surface area contributed by atoms with Gasteiger partial charge in [0.25, 0.3) is 0 Å². The fraction of sp³-hybridized carbons (Fsp3) is 0.308. The molecule has 4 rings (SSSR count). The maximum absolute atomic E-state index is 12.1. The number of piperazine rings is 1. The van der Waals surface area contributed by atoms with Crippen molar-refractivity contribution in [2.45, 2.75) is 19.8 Å². The van der Waals surface area contributed by atoms with Gasteiger partial charge in [0.05, 0.1) is 12.3 Å². The topological polar surface area (TPSA) is 57.2 Å². The summed E-state index contributed by atoms with van der Waals surface area (Å²) >= 11 is 0. The molecule has 0 spiro atoms. The summed E-state index contributed by atoms with van der Waals surface area (Å²) in [6.07, 6.45) is 5.81. The lowest BCUT2D eigenvalue weighted by Gasteiger charge is -2.37. The van der Waals surface area contributed by atoms with Crippen LogP contribution < -0.4 is 5.32 Å². The smallest absolute Gasteiger partial charge is 0.409 e. The van der Waals surface area contributed by atoms with Crippen LogP contribution >= 0.6 is 0 Å². The number of rotatable bonds is 6. The van der Waals surface area contributed by atoms with Crippen LogP contribution in [0.4, 0.5) is 16.2 Å². The SMILES string of the molecule is CCOC(=O)N1CCN(C2=C(/C=N/c3ccccc3)CC/C2=C\Nc2ccccc2)CC1. The van der Waals surface area contributed by atoms with Gasteiger partial charge < -0.3 is 19.9 Å². The largest absolute Gasteiger partial charge is 0.450 e. The molecule has 2 aliphatic rings. The minimum Gasteiger partial charge on any atom is -0.450 e. The van der Waals surface area contributed by atoms with Crippen molar-refractivity contribution < 1.29 is 9.53 Å². The van der Waals surface area contributed by atoms with Crippen LogP contribution in [-0.2, 0) is 4.74 Å². The summed E-state index contributed by atoms with van der Waals surface area (Å²) in [4.78, 5) is 21.0. The molecule has 1 aliphatic carbocycles. The molecule has 2 aromatic carbocycles. The molecule has 0 aromatic heterocycles. The predicted octanol–water partition coefficient (Wildman–Crippen LogP) is 5.21. The Kier molecular flexibility index (Phi) is 7.23. The molecule has 6 nitrogen and oxygen atoms in total. The Morgan fingerprint density at radius 2 is 1.69 bits per heavy atom. The van der Waals surface area contributed by atoms with Gasteiger partial charge in [-0.1, -0.05) is 36.4 Å². The summed E-state index contributed by atoms with van der Waals surface area (Å²) < 4.78 is 5.17. The van der Waals surface area contributed by atoms with Crippen LogP contribution in [0.5, 0.6) is 0 Å². The van der Waals surface area contributed by atoms with Crippen molar-refractivity contribution in [1.29, 1.82) is 0 Å². The van der Waals surface area contributed by atoms with Crippen LogP contribution in [0.25, 0.3) is 0 Å². The number of nitrogens with zero attached hydrogens (tertiary/aromatic N) is 3. The standard InChI is InChI=1S/C26H30N4O2/c1-2-32-26(31)30-17-15-29(16-18-30)25-21(19-27-23-9-5-3-6-10-23)13-14-22(25)20-28-24-11-7-4-8-12-24/h3-12,19-20,27H,2,13-18H2,1H3/b21-19+,28-20+. The van der Waals surface area contributed by atoms with E-state index in [1.165, 1.54) is 16.8 Å². The maximum atomic E-state index is 12.1. The van der Waals surface area contributed by atoms with E-state index in [1.54, 1.807) is 4.90 Å². The second kappa shape index (κ2) is 10.7. The fourth-order valence-electron chi connectivity index (χ4n) is 4.08. The fourth-order valence-corrected chi connectivity index (χ4v) is 4.08. The van der Waals surface area contributed by atoms with Crippen LogP contribution in [0.15, 0.2) is 88.7 Å². The molecule has 32 heavy (non-hydrogen) atoms. The normalized spacial score (nSPS) is 18.0. The quantitative estimate of drug-likeness (QED) is 0.640. The Morgan fingerprint density at radius 3 is 2.38 bits per heavy atom. The van der Waals surface area contributed by atoms with Gasteiger partial charge in [0.1, 0.15) is 0 Å². The first-order chi connectivity index (χ1) is 15.7. The summed E-state index contributed by atoms with van der Waals surface area (Å²) in [5.41, 5.74) is 5.76. The average molecular weight is 431 g/mol. The summed E-state index contributed by atoms with van der Waals surface area (Å²) in [5.74, 6) is 0. The van der Waals surface area contributed by atoms with E-state index in [1.807, 2.05) is 61.7 Å². The molecular formula is C26H30N4O2. The van der Waals surface area contributed by atoms with E-state index in [0.29, 0.717) is 19.7 Å². The van der Waals surface area contributed by atoms with Gasteiger partial charge in [-0.25, -0.2) is 4.79 Å². The highest BCUT2D eigenvalue weighted by Crippen LogP contribution is 2.34. The van der Waals surface area contributed by atoms with E-state index in [4.69, 9.17) is 9.73 Å². The van der Waals surface area contributed by atoms with E-state index in [9.17, 15) is 4.79 Å². The number of benzene rings is 2. The molecule has 0 unspecified atom stereocenters. The van der Waals surface area contributed by atoms with Gasteiger partial charge in [0, 0.05) is 50.0 Å². The van der Waals surface area contributed by atoms with Crippen molar-refractivity contribution in [2.24, 2.45) is 4.99 Å². The molecule has 166 valence electrons. The van der Waals surface area contributed by atoms with Crippen molar-refractivity contribution in [3.63, 3.8) is 0 Å². The Labute approximate surface area is 189 Å². The van der Waals surface area contributed by atoms with Gasteiger partial charge in [-0.2, -0.15) is 0 Å². The maximum Gasteiger partial charge on any atom is 0.409 e. The molecule has 6 heteroatoms. The monoisotopic (exact) mass is 430 g/mol. The first-order valence-corrected chi connectivity index (χ1v) is 11.2. The highest BCUT2D eigenvalue weighted by molar-refractivity contribution is 5.84. The molecule has 1 amide bonds. The highest BCUT2D eigenvalue weighted by Gasteiger charge is 2.28. The number of amides is 1. The summed E-state index contributed by atoms with van der Waals surface area (Å²) in [5, 5.41) is 3.44. The van der Waals surface area contributed by atoms with E-state index < -0.39 is 0 Å². The van der Waals surface area contributed by atoms with E-state index >= 15 is 0 Å². The number of allylic oxidation sites excluding steroid dienone is 2. The zero-order valence-electron chi connectivity index (χ0n) is 18.5. The summed E-state index contributed by atoms with van der Waals surface area (Å²) in [7, 11) is 0. The molecule has 1 saturated heterocycles. The van der Waals surface area contributed by atoms with E-state index in [2.05, 4.69) is 28.5 Å². The number of aliphatic imine (C=N–C) groups is 1. The second-order valence-corrected chi connectivity index (χ2v) is 7.82. The van der Waals surface area contributed by atoms with Gasteiger partial charge in [-0.15, -0.1) is 0 Å². The zero-order valence-corrected chi connectivity index (χ0v) is 18.5. The third-order valence-electron chi connectivity index (χ3n) is 5.71. The Bertz CT molecular complexity index is 991. The van der Waals surface area contributed by atoms with Gasteiger partial charge >= 0.3 is 6.09 Å². The van der Waals surface area contributed by atoms with Crippen molar-refractivity contribution in [3.8, 4) is 0 Å². The first-order valence-electron chi connectivity index (χ1n) is 11.2. The first kappa shape index (κ1) is 21.7. The number of carbonyl (C=O) groups is 1. The van der Waals surface area contributed by atoms with Gasteiger partial charge in [0.15, 0.2) is 0 Å². The number of anilines is 1. The van der Waals surface area contributed by atoms with Crippen LogP contribution in [0, 0.1) is 0 Å². The Morgan fingerprint density at radius 1 is 1.00 bits per heavy atom.